The first-order chi connectivity index (χ1) is 12.7. The molecule has 0 spiro atoms. The fraction of sp³-hybridized carbons (Fsp3) is 0.167. The maximum Gasteiger partial charge on any atom is 0.171 e. The number of aryl methyl sites for hydroxylation is 1. The number of benzene rings is 1. The summed E-state index contributed by atoms with van der Waals surface area (Å²) in [6.07, 6.45) is 5.39. The molecule has 0 bridgehead atoms. The third-order valence-electron chi connectivity index (χ3n) is 3.76. The highest BCUT2D eigenvalue weighted by molar-refractivity contribution is 8.02. The summed E-state index contributed by atoms with van der Waals surface area (Å²) < 4.78 is 4.24. The van der Waals surface area contributed by atoms with Crippen molar-refractivity contribution in [2.75, 3.05) is 18.8 Å². The number of H-pyrrole nitrogens is 1. The van der Waals surface area contributed by atoms with Gasteiger partial charge in [-0.15, -0.1) is 11.3 Å². The van der Waals surface area contributed by atoms with Gasteiger partial charge in [0.2, 0.25) is 0 Å². The molecular weight excluding hydrogens is 364 g/mol. The largest absolute Gasteiger partial charge is 0.393 e. The maximum absolute atomic E-state index is 9.26. The van der Waals surface area contributed by atoms with Crippen molar-refractivity contribution in [1.82, 2.24) is 15.3 Å². The predicted octanol–water partition coefficient (Wildman–Crippen LogP) is 4.18. The number of aromatic amines is 1. The molecule has 132 valence electrons. The van der Waals surface area contributed by atoms with E-state index in [4.69, 9.17) is 0 Å². The third-order valence-corrected chi connectivity index (χ3v) is 5.52. The number of rotatable bonds is 6. The molecule has 1 aromatic carbocycles. The van der Waals surface area contributed by atoms with E-state index >= 15 is 0 Å². The molecule has 3 N–H and O–H groups in total. The molecule has 0 aliphatic rings. The van der Waals surface area contributed by atoms with Crippen molar-refractivity contribution in [2.24, 2.45) is 4.99 Å². The Morgan fingerprint density at radius 3 is 3.04 bits per heavy atom. The zero-order valence-electron chi connectivity index (χ0n) is 14.6. The van der Waals surface area contributed by atoms with Gasteiger partial charge in [-0.1, -0.05) is 6.07 Å². The first-order valence-electron chi connectivity index (χ1n) is 7.87. The van der Waals surface area contributed by atoms with E-state index in [1.807, 2.05) is 37.7 Å². The second-order valence-corrected chi connectivity index (χ2v) is 7.38. The van der Waals surface area contributed by atoms with Crippen molar-refractivity contribution in [2.45, 2.75) is 11.3 Å². The van der Waals surface area contributed by atoms with Crippen LogP contribution in [0.4, 0.5) is 5.69 Å². The molecule has 3 rings (SSSR count). The van der Waals surface area contributed by atoms with Gasteiger partial charge in [0, 0.05) is 61.0 Å². The van der Waals surface area contributed by atoms with E-state index in [2.05, 4.69) is 31.1 Å². The molecule has 0 fully saturated rings. The molecule has 0 aliphatic carbocycles. The first-order valence-corrected chi connectivity index (χ1v) is 9.56. The van der Waals surface area contributed by atoms with E-state index in [0.717, 1.165) is 37.8 Å². The van der Waals surface area contributed by atoms with E-state index in [1.54, 1.807) is 30.8 Å². The zero-order chi connectivity index (χ0) is 18.5. The predicted molar refractivity (Wildman–Crippen MR) is 111 cm³/mol. The lowest BCUT2D eigenvalue weighted by molar-refractivity contribution is 1.10. The third kappa shape index (κ3) is 3.59. The van der Waals surface area contributed by atoms with Crippen molar-refractivity contribution >= 4 is 51.7 Å². The summed E-state index contributed by atoms with van der Waals surface area (Å²) in [5.74, 6) is 0. The lowest BCUT2D eigenvalue weighted by Crippen LogP contribution is -1.97. The Kier molecular flexibility index (Phi) is 5.61. The molecule has 2 heterocycles. The maximum atomic E-state index is 9.26. The van der Waals surface area contributed by atoms with Gasteiger partial charge in [0.15, 0.2) is 4.34 Å². The van der Waals surface area contributed by atoms with E-state index in [0.29, 0.717) is 5.56 Å². The normalized spacial score (nSPS) is 11.8. The van der Waals surface area contributed by atoms with E-state index in [9.17, 15) is 5.26 Å². The number of aliphatic imine (C=N–C) groups is 1. The zero-order valence-corrected chi connectivity index (χ0v) is 16.3. The summed E-state index contributed by atoms with van der Waals surface area (Å²) in [7, 11) is 3.59. The van der Waals surface area contributed by atoms with Crippen LogP contribution in [0.1, 0.15) is 16.8 Å². The molecule has 0 amide bonds. The molecule has 0 aliphatic heterocycles. The minimum absolute atomic E-state index is 0.656. The van der Waals surface area contributed by atoms with Gasteiger partial charge < -0.3 is 15.0 Å². The Labute approximate surface area is 160 Å². The summed E-state index contributed by atoms with van der Waals surface area (Å²) in [5, 5.41) is 15.2. The van der Waals surface area contributed by atoms with Crippen LogP contribution in [0.25, 0.3) is 16.5 Å². The number of fused-ring (bicyclic) bond motifs is 1. The van der Waals surface area contributed by atoms with E-state index in [-0.39, 0.29) is 0 Å². The average Bonchev–Trinajstić information content (AvgIpc) is 3.28. The van der Waals surface area contributed by atoms with Crippen LogP contribution in [0.5, 0.6) is 0 Å². The fourth-order valence-electron chi connectivity index (χ4n) is 2.60. The number of thiazole rings is 1. The van der Waals surface area contributed by atoms with Crippen LogP contribution in [0.15, 0.2) is 39.2 Å². The second-order valence-electron chi connectivity index (χ2n) is 5.47. The SMILES string of the molecule is CN=C/C(=C\NC)c1csc(SNc2ccc(C)c3c(C#N)c[nH]c23)n1. The number of aromatic nitrogens is 2. The van der Waals surface area contributed by atoms with Crippen LogP contribution in [-0.4, -0.2) is 30.3 Å². The van der Waals surface area contributed by atoms with Crippen LogP contribution >= 0.6 is 23.3 Å². The number of nitriles is 1. The minimum Gasteiger partial charge on any atom is -0.393 e. The smallest absolute Gasteiger partial charge is 0.171 e. The molecule has 0 saturated heterocycles. The fourth-order valence-corrected chi connectivity index (χ4v) is 4.13. The molecule has 0 radical (unpaired) electrons. The number of hydrogen-bond acceptors (Lipinski definition) is 7. The monoisotopic (exact) mass is 382 g/mol. The van der Waals surface area contributed by atoms with Crippen LogP contribution in [0.2, 0.25) is 0 Å². The van der Waals surface area contributed by atoms with Gasteiger partial charge in [-0.2, -0.15) is 5.26 Å². The molecule has 26 heavy (non-hydrogen) atoms. The Balaban J connectivity index is 1.82. The van der Waals surface area contributed by atoms with Crippen molar-refractivity contribution in [3.05, 3.63) is 46.7 Å². The van der Waals surface area contributed by atoms with Crippen molar-refractivity contribution in [1.29, 1.82) is 5.26 Å². The van der Waals surface area contributed by atoms with Gasteiger partial charge in [0.05, 0.1) is 22.5 Å². The number of nitrogens with zero attached hydrogens (tertiary/aromatic N) is 3. The summed E-state index contributed by atoms with van der Waals surface area (Å²) in [5.41, 5.74) is 5.39. The standard InChI is InChI=1S/C18H18N6S2/c1-11-4-5-14(17-16(11)12(6-19)9-22-17)24-26-18-23-15(10-25-18)13(7-20-2)8-21-3/h4-5,7-10,20,22,24H,1-3H3/b13-7+,21-8?. The number of anilines is 1. The van der Waals surface area contributed by atoms with Gasteiger partial charge in [-0.25, -0.2) is 4.98 Å². The van der Waals surface area contributed by atoms with Crippen LogP contribution in [-0.2, 0) is 0 Å². The molecular formula is C18H18N6S2. The van der Waals surface area contributed by atoms with Gasteiger partial charge in [-0.3, -0.25) is 4.99 Å². The molecule has 3 aromatic rings. The number of allylic oxidation sites excluding steroid dienone is 1. The topological polar surface area (TPSA) is 88.9 Å². The highest BCUT2D eigenvalue weighted by Gasteiger charge is 2.11. The number of hydrogen-bond donors (Lipinski definition) is 3. The van der Waals surface area contributed by atoms with Crippen molar-refractivity contribution in [3.63, 3.8) is 0 Å². The van der Waals surface area contributed by atoms with Crippen LogP contribution in [0.3, 0.4) is 0 Å². The summed E-state index contributed by atoms with van der Waals surface area (Å²) in [6.45, 7) is 2.01. The van der Waals surface area contributed by atoms with E-state index < -0.39 is 0 Å². The minimum atomic E-state index is 0.656. The van der Waals surface area contributed by atoms with Gasteiger partial charge in [-0.05, 0) is 18.6 Å². The lowest BCUT2D eigenvalue weighted by atomic mass is 10.1. The Morgan fingerprint density at radius 1 is 1.46 bits per heavy atom. The molecule has 8 heteroatoms. The number of nitrogens with one attached hydrogen (secondary N) is 3. The second kappa shape index (κ2) is 8.08. The van der Waals surface area contributed by atoms with Gasteiger partial charge in [0.25, 0.3) is 0 Å². The Bertz CT molecular complexity index is 1020. The highest BCUT2D eigenvalue weighted by Crippen LogP contribution is 2.32. The van der Waals surface area contributed by atoms with Crippen molar-refractivity contribution in [3.8, 4) is 6.07 Å². The quantitative estimate of drug-likeness (QED) is 0.439. The average molecular weight is 383 g/mol. The summed E-state index contributed by atoms with van der Waals surface area (Å²) >= 11 is 3.01. The molecule has 2 aromatic heterocycles. The summed E-state index contributed by atoms with van der Waals surface area (Å²) in [4.78, 5) is 11.9. The lowest BCUT2D eigenvalue weighted by Gasteiger charge is -2.06. The van der Waals surface area contributed by atoms with Crippen LogP contribution < -0.4 is 10.0 Å². The highest BCUT2D eigenvalue weighted by atomic mass is 32.2. The van der Waals surface area contributed by atoms with Gasteiger partial charge in [0.1, 0.15) is 6.07 Å². The Hall–Kier alpha value is -2.76. The van der Waals surface area contributed by atoms with E-state index in [1.165, 1.54) is 11.9 Å². The molecule has 0 atom stereocenters. The van der Waals surface area contributed by atoms with Crippen LogP contribution in [0, 0.1) is 18.3 Å². The molecule has 0 saturated carbocycles. The summed E-state index contributed by atoms with van der Waals surface area (Å²) in [6, 6.07) is 6.25. The molecule has 6 nitrogen and oxygen atoms in total. The first kappa shape index (κ1) is 18.0. The van der Waals surface area contributed by atoms with Gasteiger partial charge >= 0.3 is 0 Å². The molecule has 0 unspecified atom stereocenters. The Morgan fingerprint density at radius 2 is 2.31 bits per heavy atom. The van der Waals surface area contributed by atoms with Crippen molar-refractivity contribution < 1.29 is 0 Å².